The molecule has 0 saturated carbocycles. The highest BCUT2D eigenvalue weighted by atomic mass is 32.1. The Morgan fingerprint density at radius 3 is 1.35 bits per heavy atom. The van der Waals surface area contributed by atoms with E-state index in [0.29, 0.717) is 57.4 Å². The van der Waals surface area contributed by atoms with Crippen molar-refractivity contribution in [3.05, 3.63) is 59.7 Å². The van der Waals surface area contributed by atoms with Gasteiger partial charge >= 0.3 is 0 Å². The first-order valence-corrected chi connectivity index (χ1v) is 31.7. The van der Waals surface area contributed by atoms with Crippen LogP contribution in [0.5, 0.6) is 11.5 Å². The topological polar surface area (TPSA) is 133 Å². The van der Waals surface area contributed by atoms with E-state index in [2.05, 4.69) is 102 Å². The number of nitrogens with one attached hydrogen (secondary N) is 3. The number of nitrogens with zero attached hydrogens (tertiary/aromatic N) is 3. The summed E-state index contributed by atoms with van der Waals surface area (Å²) in [5.74, 6) is 1.39. The van der Waals surface area contributed by atoms with E-state index in [1.54, 1.807) is 42.9 Å². The number of thiol groups is 4. The van der Waals surface area contributed by atoms with Gasteiger partial charge in [0.2, 0.25) is 17.7 Å². The highest BCUT2D eigenvalue weighted by Gasteiger charge is 2.41. The molecule has 13 atom stereocenters. The fourth-order valence-electron chi connectivity index (χ4n) is 11.1. The van der Waals surface area contributed by atoms with E-state index >= 15 is 9.59 Å². The van der Waals surface area contributed by atoms with E-state index in [9.17, 15) is 9.59 Å². The maximum absolute atomic E-state index is 15.6. The summed E-state index contributed by atoms with van der Waals surface area (Å²) in [7, 11) is 6.99. The van der Waals surface area contributed by atoms with E-state index in [1.807, 2.05) is 36.4 Å². The Hall–Kier alpha value is -2.60. The first kappa shape index (κ1) is 67.9. The SMILES string of the molecule is CN[C@@H](CC(C)C)C(=O)N(C)[C@@H](CC(C)CCC(C)S)C(=O)N(C)[C@@H](CC(C)CCC(S)Cc1ccc(OCC2CCCN2)cc1)C(=O)N(C)C(CC(C)CCC(C)S)C(=O)CC(S)Cc1ccc(OCC2CCCN2)cc1. The molecule has 10 unspecified atom stereocenters. The smallest absolute Gasteiger partial charge is 0.245 e. The molecule has 0 radical (unpaired) electrons. The molecule has 0 aromatic heterocycles. The number of likely N-dealkylation sites (N-methyl/N-ethyl adjacent to an activating group) is 4. The van der Waals surface area contributed by atoms with Crippen LogP contribution in [0, 0.1) is 23.7 Å². The summed E-state index contributed by atoms with van der Waals surface area (Å²) in [5, 5.41) is 10.3. The van der Waals surface area contributed by atoms with Gasteiger partial charge in [-0.1, -0.05) is 72.7 Å². The second kappa shape index (κ2) is 35.4. The molecular formula is C62H104N6O6S4. The quantitative estimate of drug-likeness (QED) is 0.0331. The van der Waals surface area contributed by atoms with Gasteiger partial charge in [0.25, 0.3) is 0 Å². The van der Waals surface area contributed by atoms with E-state index in [4.69, 9.17) is 34.7 Å². The normalized spacial score (nSPS) is 19.9. The minimum atomic E-state index is -0.905. The van der Waals surface area contributed by atoms with Crippen LogP contribution in [0.2, 0.25) is 0 Å². The molecule has 0 aliphatic carbocycles. The minimum absolute atomic E-state index is 0.00786. The van der Waals surface area contributed by atoms with Gasteiger partial charge in [-0.15, -0.1) is 0 Å². The molecule has 78 heavy (non-hydrogen) atoms. The molecule has 2 aromatic carbocycles. The third-order valence-electron chi connectivity index (χ3n) is 16.2. The Bertz CT molecular complexity index is 2050. The Morgan fingerprint density at radius 1 is 0.551 bits per heavy atom. The van der Waals surface area contributed by atoms with Gasteiger partial charge < -0.3 is 40.1 Å². The maximum atomic E-state index is 15.6. The summed E-state index contributed by atoms with van der Waals surface area (Å²) in [4.78, 5) is 65.1. The van der Waals surface area contributed by atoms with E-state index in [0.717, 1.165) is 87.9 Å². The fraction of sp³-hybridized carbons (Fsp3) is 0.742. The van der Waals surface area contributed by atoms with E-state index in [-0.39, 0.29) is 74.6 Å². The van der Waals surface area contributed by atoms with Crippen molar-refractivity contribution in [1.29, 1.82) is 0 Å². The summed E-state index contributed by atoms with van der Waals surface area (Å²) in [6, 6.07) is 14.2. The molecule has 2 aromatic rings. The van der Waals surface area contributed by atoms with Gasteiger partial charge in [0.05, 0.1) is 12.1 Å². The Morgan fingerprint density at radius 2 is 0.949 bits per heavy atom. The lowest BCUT2D eigenvalue weighted by Crippen LogP contribution is -2.58. The van der Waals surface area contributed by atoms with Crippen LogP contribution in [0.25, 0.3) is 0 Å². The zero-order valence-corrected chi connectivity index (χ0v) is 53.2. The van der Waals surface area contributed by atoms with E-state index < -0.39 is 24.2 Å². The monoisotopic (exact) mass is 1160 g/mol. The van der Waals surface area contributed by atoms with Crippen molar-refractivity contribution >= 4 is 74.0 Å². The molecule has 2 aliphatic rings. The largest absolute Gasteiger partial charge is 0.492 e. The van der Waals surface area contributed by atoms with Gasteiger partial charge in [0.15, 0.2) is 5.78 Å². The van der Waals surface area contributed by atoms with Gasteiger partial charge in [-0.2, -0.15) is 50.5 Å². The molecule has 442 valence electrons. The summed E-state index contributed by atoms with van der Waals surface area (Å²) >= 11 is 19.4. The molecule has 2 aliphatic heterocycles. The molecule has 3 N–H and O–H groups in total. The molecule has 2 fully saturated rings. The summed E-state index contributed by atoms with van der Waals surface area (Å²) in [5.41, 5.74) is 2.23. The maximum Gasteiger partial charge on any atom is 0.245 e. The number of benzene rings is 2. The fourth-order valence-corrected chi connectivity index (χ4v) is 12.1. The van der Waals surface area contributed by atoms with Crippen LogP contribution >= 0.6 is 50.5 Å². The van der Waals surface area contributed by atoms with Crippen LogP contribution in [0.15, 0.2) is 48.5 Å². The third kappa shape index (κ3) is 24.1. The molecule has 2 heterocycles. The molecule has 12 nitrogen and oxygen atoms in total. The predicted octanol–water partition coefficient (Wildman–Crippen LogP) is 10.5. The first-order valence-electron chi connectivity index (χ1n) is 29.7. The van der Waals surface area contributed by atoms with Crippen molar-refractivity contribution in [1.82, 2.24) is 30.7 Å². The average molecular weight is 1160 g/mol. The van der Waals surface area contributed by atoms with Crippen molar-refractivity contribution < 1.29 is 28.7 Å². The van der Waals surface area contributed by atoms with Gasteiger partial charge in [0.1, 0.15) is 36.8 Å². The third-order valence-corrected chi connectivity index (χ3v) is 17.5. The van der Waals surface area contributed by atoms with Crippen molar-refractivity contribution in [3.8, 4) is 11.5 Å². The highest BCUT2D eigenvalue weighted by molar-refractivity contribution is 7.81. The number of carbonyl (C=O) groups is 4. The lowest BCUT2D eigenvalue weighted by Gasteiger charge is -2.40. The van der Waals surface area contributed by atoms with Crippen LogP contribution in [0.3, 0.4) is 0 Å². The molecule has 0 spiro atoms. The molecule has 2 saturated heterocycles. The molecule has 4 rings (SSSR count). The highest BCUT2D eigenvalue weighted by Crippen LogP contribution is 2.29. The van der Waals surface area contributed by atoms with Crippen LogP contribution in [0.4, 0.5) is 0 Å². The average Bonchev–Trinajstić information content (AvgIpc) is 4.16. The summed E-state index contributed by atoms with van der Waals surface area (Å²) in [6.07, 6.45) is 13.0. The van der Waals surface area contributed by atoms with Crippen LogP contribution in [-0.2, 0) is 32.0 Å². The predicted molar refractivity (Wildman–Crippen MR) is 336 cm³/mol. The standard InChI is InChI=1S/C62H104N6O6S4/c1-41(2)32-55(63-8)60(70)67(10)57(34-43(4)17-20-46(7)76)62(72)68(11)58(35-44(5)18-29-53(77)36-47-21-25-51(26-22-47)73-39-49-14-12-30-64-49)61(71)66(9)56(33-42(3)16-19-45(6)75)59(69)38-54(78)37-48-23-27-52(28-24-48)74-40-50-15-13-31-65-50/h21-28,41-46,49-50,53-58,63-65,75-78H,12-20,29-40H2,1-11H3/t42?,43?,44?,45?,46?,49?,50?,53?,54?,55-,56?,57-,58-/m0/s1. The second-order valence-electron chi connectivity index (χ2n) is 24.2. The van der Waals surface area contributed by atoms with Crippen LogP contribution < -0.4 is 25.4 Å². The Balaban J connectivity index is 1.61. The van der Waals surface area contributed by atoms with Gasteiger partial charge in [-0.25, -0.2) is 0 Å². The van der Waals surface area contributed by atoms with Crippen molar-refractivity contribution in [2.45, 2.75) is 215 Å². The lowest BCUT2D eigenvalue weighted by atomic mass is 9.89. The zero-order valence-electron chi connectivity index (χ0n) is 49.6. The Labute approximate surface area is 494 Å². The summed E-state index contributed by atoms with van der Waals surface area (Å²) in [6.45, 7) is 18.1. The van der Waals surface area contributed by atoms with Gasteiger partial charge in [0, 0.05) is 50.1 Å². The van der Waals surface area contributed by atoms with Crippen LogP contribution in [-0.4, -0.2) is 150 Å². The lowest BCUT2D eigenvalue weighted by molar-refractivity contribution is -0.153. The van der Waals surface area contributed by atoms with Crippen LogP contribution in [0.1, 0.15) is 156 Å². The number of hydrogen-bond donors (Lipinski definition) is 7. The summed E-state index contributed by atoms with van der Waals surface area (Å²) < 4.78 is 12.1. The first-order chi connectivity index (χ1) is 37.0. The van der Waals surface area contributed by atoms with Crippen molar-refractivity contribution in [2.24, 2.45) is 23.7 Å². The Kier molecular flexibility index (Phi) is 30.8. The second-order valence-corrected chi connectivity index (χ2v) is 27.4. The molecular weight excluding hydrogens is 1050 g/mol. The van der Waals surface area contributed by atoms with Crippen molar-refractivity contribution in [2.75, 3.05) is 54.5 Å². The number of ether oxygens (including phenoxy) is 2. The van der Waals surface area contributed by atoms with Gasteiger partial charge in [-0.05, 0) is 192 Å². The van der Waals surface area contributed by atoms with Gasteiger partial charge in [-0.3, -0.25) is 19.2 Å². The number of rotatable bonds is 37. The number of ketones is 1. The molecule has 0 bridgehead atoms. The number of Topliss-reactive ketones (excluding diaryl/α,β-unsaturated/α-hetero) is 1. The van der Waals surface area contributed by atoms with E-state index in [1.165, 1.54) is 18.4 Å². The number of carbonyl (C=O) groups excluding carboxylic acids is 4. The minimum Gasteiger partial charge on any atom is -0.492 e. The zero-order chi connectivity index (χ0) is 57.5. The molecule has 3 amide bonds. The number of amides is 3. The van der Waals surface area contributed by atoms with Crippen molar-refractivity contribution in [3.63, 3.8) is 0 Å². The number of hydrogen-bond acceptors (Lipinski definition) is 13. The molecule has 16 heteroatoms.